The summed E-state index contributed by atoms with van der Waals surface area (Å²) in [5, 5.41) is 3.33. The number of aromatic nitrogens is 1. The Balaban J connectivity index is 1.72. The Morgan fingerprint density at radius 3 is 2.67 bits per heavy atom. The molecule has 1 N–H and O–H groups in total. The second kappa shape index (κ2) is 5.56. The van der Waals surface area contributed by atoms with Crippen molar-refractivity contribution in [2.75, 3.05) is 6.61 Å². The van der Waals surface area contributed by atoms with E-state index < -0.39 is 19.2 Å². The molecule has 0 amide bonds. The van der Waals surface area contributed by atoms with Gasteiger partial charge in [0.15, 0.2) is 0 Å². The monoisotopic (exact) mass is 260 g/mol. The number of pyridine rings is 1. The molecule has 1 aliphatic carbocycles. The maximum atomic E-state index is 11.9. The number of ether oxygens (including phenoxy) is 1. The fourth-order valence-electron chi connectivity index (χ4n) is 1.42. The van der Waals surface area contributed by atoms with Crippen LogP contribution in [0.3, 0.4) is 0 Å². The van der Waals surface area contributed by atoms with Crippen molar-refractivity contribution < 1.29 is 17.9 Å². The molecule has 1 fully saturated rings. The lowest BCUT2D eigenvalue weighted by Crippen LogP contribution is -2.15. The Bertz CT molecular complexity index is 374. The molecule has 0 aromatic carbocycles. The molecular formula is C12H15F3N2O. The predicted molar refractivity (Wildman–Crippen MR) is 60.3 cm³/mol. The summed E-state index contributed by atoms with van der Waals surface area (Å²) in [4.78, 5) is 3.97. The summed E-state index contributed by atoms with van der Waals surface area (Å²) in [6.45, 7) is 0.344. The van der Waals surface area contributed by atoms with E-state index in [-0.39, 0.29) is 5.88 Å². The topological polar surface area (TPSA) is 34.1 Å². The first-order chi connectivity index (χ1) is 8.53. The first-order valence-electron chi connectivity index (χ1n) is 5.91. The van der Waals surface area contributed by atoms with Crippen molar-refractivity contribution in [3.63, 3.8) is 0 Å². The molecule has 0 aliphatic heterocycles. The zero-order chi connectivity index (χ0) is 13.0. The molecule has 100 valence electrons. The van der Waals surface area contributed by atoms with E-state index in [9.17, 15) is 13.2 Å². The van der Waals surface area contributed by atoms with Crippen LogP contribution in [0, 0.1) is 0 Å². The van der Waals surface area contributed by atoms with Crippen LogP contribution in [0.4, 0.5) is 13.2 Å². The molecule has 1 aliphatic rings. The summed E-state index contributed by atoms with van der Waals surface area (Å²) in [6.07, 6.45) is -1.09. The summed E-state index contributed by atoms with van der Waals surface area (Å²) in [7, 11) is 0. The lowest BCUT2D eigenvalue weighted by molar-refractivity contribution is -0.139. The number of hydrogen-bond acceptors (Lipinski definition) is 3. The van der Waals surface area contributed by atoms with Gasteiger partial charge in [-0.05, 0) is 18.4 Å². The minimum atomic E-state index is -4.19. The molecule has 0 spiro atoms. The van der Waals surface area contributed by atoms with Crippen LogP contribution in [-0.4, -0.2) is 23.8 Å². The highest BCUT2D eigenvalue weighted by Crippen LogP contribution is 2.20. The molecule has 6 heteroatoms. The van der Waals surface area contributed by atoms with Gasteiger partial charge in [-0.2, -0.15) is 13.2 Å². The minimum Gasteiger partial charge on any atom is -0.477 e. The van der Waals surface area contributed by atoms with Crippen LogP contribution in [0.15, 0.2) is 18.3 Å². The van der Waals surface area contributed by atoms with Gasteiger partial charge in [-0.1, -0.05) is 6.07 Å². The van der Waals surface area contributed by atoms with Gasteiger partial charge >= 0.3 is 6.18 Å². The number of alkyl halides is 3. The predicted octanol–water partition coefficient (Wildman–Crippen LogP) is 2.66. The molecule has 3 nitrogen and oxygen atoms in total. The highest BCUT2D eigenvalue weighted by Gasteiger charge is 2.26. The zero-order valence-electron chi connectivity index (χ0n) is 9.83. The highest BCUT2D eigenvalue weighted by atomic mass is 19.4. The Labute approximate surface area is 103 Å². The molecule has 18 heavy (non-hydrogen) atoms. The number of nitrogens with zero attached hydrogens (tertiary/aromatic N) is 1. The van der Waals surface area contributed by atoms with Crippen LogP contribution >= 0.6 is 0 Å². The second-order valence-electron chi connectivity index (χ2n) is 4.37. The summed E-state index contributed by atoms with van der Waals surface area (Å²) >= 11 is 0. The molecule has 1 aromatic rings. The van der Waals surface area contributed by atoms with Gasteiger partial charge in [0.05, 0.1) is 13.0 Å². The van der Waals surface area contributed by atoms with Crippen LogP contribution < -0.4 is 10.1 Å². The fourth-order valence-corrected chi connectivity index (χ4v) is 1.42. The first-order valence-corrected chi connectivity index (χ1v) is 5.91. The maximum absolute atomic E-state index is 11.9. The summed E-state index contributed by atoms with van der Waals surface area (Å²) in [5.74, 6) is 0.231. The summed E-state index contributed by atoms with van der Waals surface area (Å²) in [5.41, 5.74) is 1.00. The van der Waals surface area contributed by atoms with E-state index in [4.69, 9.17) is 4.74 Å². The Hall–Kier alpha value is -1.30. The molecule has 1 aromatic heterocycles. The number of nitrogens with one attached hydrogen (secondary N) is 1. The van der Waals surface area contributed by atoms with Gasteiger partial charge in [0, 0.05) is 24.8 Å². The van der Waals surface area contributed by atoms with Gasteiger partial charge in [0.2, 0.25) is 5.88 Å². The average Bonchev–Trinajstić information content (AvgIpc) is 3.10. The largest absolute Gasteiger partial charge is 0.477 e. The molecule has 0 unspecified atom stereocenters. The zero-order valence-corrected chi connectivity index (χ0v) is 9.83. The van der Waals surface area contributed by atoms with E-state index in [2.05, 4.69) is 10.3 Å². The third-order valence-corrected chi connectivity index (χ3v) is 2.61. The van der Waals surface area contributed by atoms with Crippen molar-refractivity contribution in [1.29, 1.82) is 0 Å². The SMILES string of the molecule is FC(F)(F)CCOc1ccc(CNC2CC2)cn1. The van der Waals surface area contributed by atoms with Crippen LogP contribution in [0.25, 0.3) is 0 Å². The Morgan fingerprint density at radius 1 is 1.33 bits per heavy atom. The summed E-state index contributed by atoms with van der Waals surface area (Å²) in [6, 6.07) is 4.03. The van der Waals surface area contributed by atoms with Gasteiger partial charge in [0.25, 0.3) is 0 Å². The third kappa shape index (κ3) is 4.91. The van der Waals surface area contributed by atoms with Crippen molar-refractivity contribution in [3.05, 3.63) is 23.9 Å². The van der Waals surface area contributed by atoms with Gasteiger partial charge < -0.3 is 10.1 Å². The molecule has 0 bridgehead atoms. The quantitative estimate of drug-likeness (QED) is 0.853. The van der Waals surface area contributed by atoms with Crippen molar-refractivity contribution in [2.24, 2.45) is 0 Å². The average molecular weight is 260 g/mol. The van der Waals surface area contributed by atoms with Crippen molar-refractivity contribution in [2.45, 2.75) is 38.0 Å². The van der Waals surface area contributed by atoms with E-state index in [0.29, 0.717) is 6.04 Å². The van der Waals surface area contributed by atoms with Gasteiger partial charge in [-0.3, -0.25) is 0 Å². The van der Waals surface area contributed by atoms with Crippen LogP contribution in [0.1, 0.15) is 24.8 Å². The molecule has 1 saturated carbocycles. The maximum Gasteiger partial charge on any atom is 0.392 e. The van der Waals surface area contributed by atoms with Crippen LogP contribution in [0.5, 0.6) is 5.88 Å². The minimum absolute atomic E-state index is 0.231. The Kier molecular flexibility index (Phi) is 4.06. The van der Waals surface area contributed by atoms with Crippen LogP contribution in [-0.2, 0) is 6.54 Å². The highest BCUT2D eigenvalue weighted by molar-refractivity contribution is 5.17. The van der Waals surface area contributed by atoms with E-state index in [1.54, 1.807) is 12.3 Å². The van der Waals surface area contributed by atoms with Gasteiger partial charge in [-0.15, -0.1) is 0 Å². The first kappa shape index (κ1) is 13.1. The normalized spacial score (nSPS) is 15.7. The summed E-state index contributed by atoms with van der Waals surface area (Å²) < 4.78 is 40.6. The number of halogens is 3. The smallest absolute Gasteiger partial charge is 0.392 e. The van der Waals surface area contributed by atoms with E-state index in [1.807, 2.05) is 6.07 Å². The number of rotatable bonds is 6. The standard InChI is InChI=1S/C12H15F3N2O/c13-12(14,15)5-6-18-11-4-1-9(8-17-11)7-16-10-2-3-10/h1,4,8,10,16H,2-3,5-7H2. The molecule has 2 rings (SSSR count). The van der Waals surface area contributed by atoms with Crippen LogP contribution in [0.2, 0.25) is 0 Å². The molecule has 1 heterocycles. The Morgan fingerprint density at radius 2 is 2.11 bits per heavy atom. The molecule has 0 atom stereocenters. The van der Waals surface area contributed by atoms with Crippen molar-refractivity contribution in [1.82, 2.24) is 10.3 Å². The molecule has 0 radical (unpaired) electrons. The van der Waals surface area contributed by atoms with Gasteiger partial charge in [0.1, 0.15) is 0 Å². The third-order valence-electron chi connectivity index (χ3n) is 2.61. The second-order valence-corrected chi connectivity index (χ2v) is 4.37. The molecular weight excluding hydrogens is 245 g/mol. The van der Waals surface area contributed by atoms with E-state index >= 15 is 0 Å². The van der Waals surface area contributed by atoms with Gasteiger partial charge in [-0.25, -0.2) is 4.98 Å². The molecule has 0 saturated heterocycles. The van der Waals surface area contributed by atoms with Crippen molar-refractivity contribution >= 4 is 0 Å². The van der Waals surface area contributed by atoms with E-state index in [1.165, 1.54) is 12.8 Å². The lowest BCUT2D eigenvalue weighted by Gasteiger charge is -2.08. The lowest BCUT2D eigenvalue weighted by atomic mass is 10.3. The van der Waals surface area contributed by atoms with E-state index in [0.717, 1.165) is 12.1 Å². The fraction of sp³-hybridized carbons (Fsp3) is 0.583. The van der Waals surface area contributed by atoms with Crippen molar-refractivity contribution in [3.8, 4) is 5.88 Å². The number of hydrogen-bond donors (Lipinski definition) is 1.